The van der Waals surface area contributed by atoms with Crippen LogP contribution in [0.3, 0.4) is 0 Å². The monoisotopic (exact) mass is 286 g/mol. The van der Waals surface area contributed by atoms with Crippen LogP contribution >= 0.6 is 11.3 Å². The van der Waals surface area contributed by atoms with Gasteiger partial charge in [0.05, 0.1) is 11.5 Å². The highest BCUT2D eigenvalue weighted by Gasteiger charge is 2.18. The fourth-order valence-corrected chi connectivity index (χ4v) is 2.83. The Morgan fingerprint density at radius 3 is 2.89 bits per heavy atom. The lowest BCUT2D eigenvalue weighted by atomic mass is 10.2. The third kappa shape index (κ3) is 5.70. The van der Waals surface area contributed by atoms with Crippen LogP contribution in [-0.4, -0.2) is 24.3 Å². The predicted molar refractivity (Wildman–Crippen MR) is 75.1 cm³/mol. The van der Waals surface area contributed by atoms with E-state index in [1.165, 1.54) is 12.8 Å². The summed E-state index contributed by atoms with van der Waals surface area (Å²) in [5, 5.41) is 8.93. The lowest BCUT2D eigenvalue weighted by Crippen LogP contribution is -2.39. The van der Waals surface area contributed by atoms with Crippen LogP contribution in [-0.2, 0) is 22.5 Å². The highest BCUT2D eigenvalue weighted by Crippen LogP contribution is 2.11. The number of unbranched alkanes of at least 4 members (excludes halogenated alkanes) is 3. The molecule has 0 aliphatic heterocycles. The molecule has 0 bridgehead atoms. The van der Waals surface area contributed by atoms with Crippen molar-refractivity contribution in [2.45, 2.75) is 52.5 Å². The summed E-state index contributed by atoms with van der Waals surface area (Å²) in [6, 6.07) is 0. The average molecular weight is 286 g/mol. The Morgan fingerprint density at radius 2 is 2.21 bits per heavy atom. The number of rotatable bonds is 9. The van der Waals surface area contributed by atoms with Crippen molar-refractivity contribution in [2.24, 2.45) is 0 Å². The maximum absolute atomic E-state index is 11.7. The van der Waals surface area contributed by atoms with E-state index in [1.54, 1.807) is 11.3 Å². The van der Waals surface area contributed by atoms with Crippen molar-refractivity contribution >= 4 is 17.3 Å². The van der Waals surface area contributed by atoms with Crippen LogP contribution in [0, 0.1) is 6.92 Å². The van der Waals surface area contributed by atoms with Crippen LogP contribution < -0.4 is 4.57 Å². The molecular formula is C14H24NO3S+. The van der Waals surface area contributed by atoms with E-state index in [2.05, 4.69) is 6.92 Å². The second-order valence-electron chi connectivity index (χ2n) is 4.61. The van der Waals surface area contributed by atoms with E-state index in [9.17, 15) is 4.79 Å². The number of thiazole rings is 1. The SMILES string of the molecule is CCCCCCOC(=O)C[n+]1csc(CCO)c1C. The summed E-state index contributed by atoms with van der Waals surface area (Å²) in [5.41, 5.74) is 2.96. The minimum absolute atomic E-state index is 0.142. The summed E-state index contributed by atoms with van der Waals surface area (Å²) in [4.78, 5) is 12.8. The highest BCUT2D eigenvalue weighted by molar-refractivity contribution is 7.09. The van der Waals surface area contributed by atoms with Crippen LogP contribution in [0.2, 0.25) is 0 Å². The van der Waals surface area contributed by atoms with Crippen molar-refractivity contribution in [1.29, 1.82) is 0 Å². The topological polar surface area (TPSA) is 50.4 Å². The van der Waals surface area contributed by atoms with Crippen LogP contribution in [0.1, 0.15) is 43.2 Å². The molecule has 1 aromatic heterocycles. The molecule has 0 atom stereocenters. The fourth-order valence-electron chi connectivity index (χ4n) is 1.85. The second kappa shape index (κ2) is 9.04. The van der Waals surface area contributed by atoms with E-state index < -0.39 is 0 Å². The van der Waals surface area contributed by atoms with E-state index in [0.717, 1.165) is 23.4 Å². The average Bonchev–Trinajstić information content (AvgIpc) is 2.72. The van der Waals surface area contributed by atoms with Crippen LogP contribution in [0.15, 0.2) is 5.51 Å². The van der Waals surface area contributed by atoms with E-state index in [1.807, 2.05) is 17.0 Å². The van der Waals surface area contributed by atoms with Crippen molar-refractivity contribution in [1.82, 2.24) is 0 Å². The molecular weight excluding hydrogens is 262 g/mol. The molecule has 0 fully saturated rings. The Morgan fingerprint density at radius 1 is 1.42 bits per heavy atom. The van der Waals surface area contributed by atoms with Crippen molar-refractivity contribution in [3.63, 3.8) is 0 Å². The molecule has 0 aromatic carbocycles. The van der Waals surface area contributed by atoms with Gasteiger partial charge in [0.1, 0.15) is 0 Å². The van der Waals surface area contributed by atoms with Crippen LogP contribution in [0.25, 0.3) is 0 Å². The van der Waals surface area contributed by atoms with E-state index >= 15 is 0 Å². The molecule has 1 heterocycles. The van der Waals surface area contributed by atoms with Gasteiger partial charge in [0.25, 0.3) is 0 Å². The zero-order valence-electron chi connectivity index (χ0n) is 11.9. The smallest absolute Gasteiger partial charge is 0.372 e. The molecule has 1 rings (SSSR count). The number of ether oxygens (including phenoxy) is 1. The summed E-state index contributed by atoms with van der Waals surface area (Å²) in [5.74, 6) is -0.182. The number of esters is 1. The molecule has 0 saturated heterocycles. The molecule has 19 heavy (non-hydrogen) atoms. The summed E-state index contributed by atoms with van der Waals surface area (Å²) in [6.07, 6.45) is 5.10. The molecule has 0 aliphatic carbocycles. The molecule has 0 amide bonds. The molecule has 108 valence electrons. The number of aromatic nitrogens is 1. The summed E-state index contributed by atoms with van der Waals surface area (Å²) < 4.78 is 7.11. The lowest BCUT2D eigenvalue weighted by molar-refractivity contribution is -0.687. The Balaban J connectivity index is 2.32. The number of hydrogen-bond acceptors (Lipinski definition) is 4. The predicted octanol–water partition coefficient (Wildman–Crippen LogP) is 2.00. The normalized spacial score (nSPS) is 10.7. The first-order chi connectivity index (χ1) is 9.19. The standard InChI is InChI=1S/C14H24NO3S/c1-3-4-5-6-9-18-14(17)10-15-11-19-13(7-8-16)12(15)2/h11,16H,3-10H2,1-2H3/q+1. The first-order valence-corrected chi connectivity index (χ1v) is 7.79. The molecule has 0 saturated carbocycles. The number of carbonyl (C=O) groups excluding carboxylic acids is 1. The first-order valence-electron chi connectivity index (χ1n) is 6.92. The van der Waals surface area contributed by atoms with Crippen molar-refractivity contribution in [2.75, 3.05) is 13.2 Å². The molecule has 0 radical (unpaired) electrons. The Hall–Kier alpha value is -0.940. The zero-order valence-corrected chi connectivity index (χ0v) is 12.7. The molecule has 0 aliphatic rings. The van der Waals surface area contributed by atoms with Gasteiger partial charge in [0.15, 0.2) is 5.69 Å². The summed E-state index contributed by atoms with van der Waals surface area (Å²) in [7, 11) is 0. The quantitative estimate of drug-likeness (QED) is 0.429. The van der Waals surface area contributed by atoms with E-state index in [4.69, 9.17) is 9.84 Å². The molecule has 1 aromatic rings. The van der Waals surface area contributed by atoms with Gasteiger partial charge in [-0.1, -0.05) is 37.5 Å². The number of carbonyl (C=O) groups is 1. The van der Waals surface area contributed by atoms with Gasteiger partial charge in [-0.05, 0) is 6.42 Å². The minimum atomic E-state index is -0.182. The van der Waals surface area contributed by atoms with Gasteiger partial charge in [-0.15, -0.1) is 0 Å². The van der Waals surface area contributed by atoms with Gasteiger partial charge >= 0.3 is 5.97 Å². The Bertz CT molecular complexity index is 390. The maximum atomic E-state index is 11.7. The molecule has 0 spiro atoms. The van der Waals surface area contributed by atoms with Crippen LogP contribution in [0.5, 0.6) is 0 Å². The number of aliphatic hydroxyl groups is 1. The first kappa shape index (κ1) is 16.1. The van der Waals surface area contributed by atoms with Gasteiger partial charge in [-0.2, -0.15) is 4.57 Å². The lowest BCUT2D eigenvalue weighted by Gasteiger charge is -2.02. The van der Waals surface area contributed by atoms with Gasteiger partial charge in [0.2, 0.25) is 12.1 Å². The van der Waals surface area contributed by atoms with Crippen molar-refractivity contribution < 1.29 is 19.2 Å². The van der Waals surface area contributed by atoms with Gasteiger partial charge < -0.3 is 9.84 Å². The Kier molecular flexibility index (Phi) is 7.67. The molecule has 5 heteroatoms. The van der Waals surface area contributed by atoms with Crippen LogP contribution in [0.4, 0.5) is 0 Å². The van der Waals surface area contributed by atoms with Crippen molar-refractivity contribution in [3.8, 4) is 0 Å². The van der Waals surface area contributed by atoms with Gasteiger partial charge in [0, 0.05) is 20.0 Å². The number of aliphatic hydroxyl groups excluding tert-OH is 1. The number of hydrogen-bond donors (Lipinski definition) is 1. The fraction of sp³-hybridized carbons (Fsp3) is 0.714. The third-order valence-corrected chi connectivity index (χ3v) is 4.20. The van der Waals surface area contributed by atoms with Gasteiger partial charge in [-0.3, -0.25) is 0 Å². The Labute approximate surface area is 119 Å². The summed E-state index contributed by atoms with van der Waals surface area (Å²) >= 11 is 1.57. The largest absolute Gasteiger partial charge is 0.461 e. The van der Waals surface area contributed by atoms with E-state index in [-0.39, 0.29) is 19.1 Å². The van der Waals surface area contributed by atoms with E-state index in [0.29, 0.717) is 13.0 Å². The zero-order chi connectivity index (χ0) is 14.1. The van der Waals surface area contributed by atoms with Crippen molar-refractivity contribution in [3.05, 3.63) is 16.1 Å². The number of nitrogens with zero attached hydrogens (tertiary/aromatic N) is 1. The molecule has 0 unspecified atom stereocenters. The highest BCUT2D eigenvalue weighted by atomic mass is 32.1. The molecule has 1 N–H and O–H groups in total. The second-order valence-corrected chi connectivity index (χ2v) is 5.55. The molecule has 4 nitrogen and oxygen atoms in total. The summed E-state index contributed by atoms with van der Waals surface area (Å²) in [6.45, 7) is 5.05. The third-order valence-electron chi connectivity index (χ3n) is 3.06. The maximum Gasteiger partial charge on any atom is 0.372 e. The van der Waals surface area contributed by atoms with Gasteiger partial charge in [-0.25, -0.2) is 4.79 Å². The minimum Gasteiger partial charge on any atom is -0.461 e.